The van der Waals surface area contributed by atoms with Crippen molar-refractivity contribution in [1.29, 1.82) is 0 Å². The van der Waals surface area contributed by atoms with Gasteiger partial charge in [0.1, 0.15) is 0 Å². The Morgan fingerprint density at radius 1 is 0.608 bits per heavy atom. The average molecular weight is 713 g/mol. The molecule has 1 unspecified atom stereocenters. The first-order valence-electron chi connectivity index (χ1n) is 21.9. The SMILES string of the molecule is CCCCCC=CCC=CCCCCCCCCOCCN(CCCCCCCCC=CCC=CCCCCC)C(=O)OCC1CCCN(C)C1. The lowest BCUT2D eigenvalue weighted by molar-refractivity contribution is 0.0548. The van der Waals surface area contributed by atoms with Crippen LogP contribution < -0.4 is 0 Å². The van der Waals surface area contributed by atoms with Crippen molar-refractivity contribution < 1.29 is 14.3 Å². The van der Waals surface area contributed by atoms with E-state index in [1.807, 2.05) is 4.90 Å². The maximum absolute atomic E-state index is 13.1. The summed E-state index contributed by atoms with van der Waals surface area (Å²) < 4.78 is 11.8. The summed E-state index contributed by atoms with van der Waals surface area (Å²) in [4.78, 5) is 17.4. The Bertz CT molecular complexity index is 867. The molecule has 0 radical (unpaired) electrons. The van der Waals surface area contributed by atoms with Crippen LogP contribution in [-0.4, -0.2) is 68.9 Å². The zero-order chi connectivity index (χ0) is 36.7. The maximum atomic E-state index is 13.1. The molecule has 1 amide bonds. The second-order valence-corrected chi connectivity index (χ2v) is 15.1. The van der Waals surface area contributed by atoms with E-state index in [1.165, 1.54) is 135 Å². The summed E-state index contributed by atoms with van der Waals surface area (Å²) in [5.74, 6) is 0.455. The summed E-state index contributed by atoms with van der Waals surface area (Å²) in [6.45, 7) is 10.0. The number of rotatable bonds is 35. The van der Waals surface area contributed by atoms with Gasteiger partial charge in [0.25, 0.3) is 0 Å². The number of allylic oxidation sites excluding steroid dienone is 8. The maximum Gasteiger partial charge on any atom is 0.409 e. The summed E-state index contributed by atoms with van der Waals surface area (Å²) >= 11 is 0. The van der Waals surface area contributed by atoms with Crippen molar-refractivity contribution in [2.75, 3.05) is 53.0 Å². The zero-order valence-corrected chi connectivity index (χ0v) is 34.1. The third kappa shape index (κ3) is 32.5. The molecule has 0 N–H and O–H groups in total. The smallest absolute Gasteiger partial charge is 0.409 e. The van der Waals surface area contributed by atoms with Gasteiger partial charge in [0.05, 0.1) is 13.2 Å². The highest BCUT2D eigenvalue weighted by molar-refractivity contribution is 5.67. The lowest BCUT2D eigenvalue weighted by Crippen LogP contribution is -2.39. The van der Waals surface area contributed by atoms with Crippen molar-refractivity contribution in [3.05, 3.63) is 48.6 Å². The van der Waals surface area contributed by atoms with E-state index >= 15 is 0 Å². The van der Waals surface area contributed by atoms with Gasteiger partial charge in [0.15, 0.2) is 0 Å². The van der Waals surface area contributed by atoms with Crippen molar-refractivity contribution in [1.82, 2.24) is 9.80 Å². The third-order valence-corrected chi connectivity index (χ3v) is 10.0. The van der Waals surface area contributed by atoms with Crippen LogP contribution in [0.1, 0.15) is 181 Å². The predicted molar refractivity (Wildman–Crippen MR) is 223 cm³/mol. The molecule has 1 rings (SSSR count). The lowest BCUT2D eigenvalue weighted by atomic mass is 10.00. The van der Waals surface area contributed by atoms with E-state index in [4.69, 9.17) is 9.47 Å². The number of carbonyl (C=O) groups is 1. The molecule has 1 atom stereocenters. The summed E-state index contributed by atoms with van der Waals surface area (Å²) in [5.41, 5.74) is 0. The fourth-order valence-corrected chi connectivity index (χ4v) is 6.74. The molecule has 1 fully saturated rings. The number of unbranched alkanes of at least 4 members (excludes halogenated alkanes) is 18. The molecule has 0 aromatic rings. The largest absolute Gasteiger partial charge is 0.449 e. The number of likely N-dealkylation sites (tertiary alicyclic amines) is 1. The summed E-state index contributed by atoms with van der Waals surface area (Å²) in [6.07, 6.45) is 50.7. The second-order valence-electron chi connectivity index (χ2n) is 15.1. The van der Waals surface area contributed by atoms with E-state index < -0.39 is 0 Å². The molecule has 1 heterocycles. The predicted octanol–water partition coefficient (Wildman–Crippen LogP) is 13.4. The highest BCUT2D eigenvalue weighted by Crippen LogP contribution is 2.16. The Balaban J connectivity index is 2.15. The highest BCUT2D eigenvalue weighted by atomic mass is 16.6. The molecular weight excluding hydrogens is 629 g/mol. The van der Waals surface area contributed by atoms with Crippen LogP contribution in [0.15, 0.2) is 48.6 Å². The number of ether oxygens (including phenoxy) is 2. The summed E-state index contributed by atoms with van der Waals surface area (Å²) in [6, 6.07) is 0. The van der Waals surface area contributed by atoms with Gasteiger partial charge in [-0.3, -0.25) is 0 Å². The van der Waals surface area contributed by atoms with Crippen LogP contribution >= 0.6 is 0 Å². The van der Waals surface area contributed by atoms with Crippen molar-refractivity contribution in [2.24, 2.45) is 5.92 Å². The van der Waals surface area contributed by atoms with E-state index in [9.17, 15) is 4.79 Å². The van der Waals surface area contributed by atoms with Crippen LogP contribution in [0.25, 0.3) is 0 Å². The van der Waals surface area contributed by atoms with Crippen molar-refractivity contribution in [3.63, 3.8) is 0 Å². The fourth-order valence-electron chi connectivity index (χ4n) is 6.74. The molecule has 51 heavy (non-hydrogen) atoms. The standard InChI is InChI=1S/C46H84N2O3/c1-4-6-8-10-12-14-16-18-20-22-24-26-28-30-32-34-39-48(46(49)51-44-45-37-36-38-47(3)43-45)40-42-50-41-35-33-31-29-27-25-23-21-19-17-15-13-11-9-7-5-2/h12-15,18-21,45H,4-11,16-17,22-44H2,1-3H3. The lowest BCUT2D eigenvalue weighted by Gasteiger charge is -2.30. The summed E-state index contributed by atoms with van der Waals surface area (Å²) in [5, 5.41) is 0. The average Bonchev–Trinajstić information content (AvgIpc) is 3.13. The van der Waals surface area contributed by atoms with Crippen LogP contribution in [-0.2, 0) is 9.47 Å². The first-order valence-corrected chi connectivity index (χ1v) is 21.9. The van der Waals surface area contributed by atoms with E-state index in [2.05, 4.69) is 74.4 Å². The molecule has 0 saturated carbocycles. The van der Waals surface area contributed by atoms with E-state index in [0.29, 0.717) is 25.7 Å². The first-order chi connectivity index (χ1) is 25.2. The molecule has 0 aromatic heterocycles. The normalized spacial score (nSPS) is 15.7. The minimum atomic E-state index is -0.150. The topological polar surface area (TPSA) is 42.0 Å². The molecule has 296 valence electrons. The number of amides is 1. The van der Waals surface area contributed by atoms with Gasteiger partial charge in [-0.2, -0.15) is 0 Å². The number of carbonyl (C=O) groups excluding carboxylic acids is 1. The van der Waals surface area contributed by atoms with Crippen molar-refractivity contribution in [3.8, 4) is 0 Å². The van der Waals surface area contributed by atoms with Gasteiger partial charge in [-0.15, -0.1) is 0 Å². The monoisotopic (exact) mass is 713 g/mol. The zero-order valence-electron chi connectivity index (χ0n) is 34.1. The second kappa shape index (κ2) is 37.9. The Kier molecular flexibility index (Phi) is 35.0. The van der Waals surface area contributed by atoms with Gasteiger partial charge < -0.3 is 19.3 Å². The van der Waals surface area contributed by atoms with Crippen LogP contribution in [0.5, 0.6) is 0 Å². The number of hydrogen-bond donors (Lipinski definition) is 0. The van der Waals surface area contributed by atoms with Gasteiger partial charge in [-0.05, 0) is 103 Å². The highest BCUT2D eigenvalue weighted by Gasteiger charge is 2.21. The molecule has 5 nitrogen and oxygen atoms in total. The van der Waals surface area contributed by atoms with Crippen molar-refractivity contribution in [2.45, 2.75) is 181 Å². The number of piperidine rings is 1. The molecule has 0 aromatic carbocycles. The molecule has 1 saturated heterocycles. The molecule has 0 spiro atoms. The number of hydrogen-bond acceptors (Lipinski definition) is 4. The van der Waals surface area contributed by atoms with Gasteiger partial charge >= 0.3 is 6.09 Å². The molecular formula is C46H84N2O3. The van der Waals surface area contributed by atoms with Crippen LogP contribution in [0.4, 0.5) is 4.79 Å². The van der Waals surface area contributed by atoms with Gasteiger partial charge in [-0.1, -0.05) is 140 Å². The molecule has 0 bridgehead atoms. The molecule has 1 aliphatic rings. The van der Waals surface area contributed by atoms with Crippen LogP contribution in [0.3, 0.4) is 0 Å². The van der Waals surface area contributed by atoms with Crippen LogP contribution in [0.2, 0.25) is 0 Å². The van der Waals surface area contributed by atoms with Crippen molar-refractivity contribution >= 4 is 6.09 Å². The Labute approximate surface area is 317 Å². The Morgan fingerprint density at radius 2 is 1.10 bits per heavy atom. The quantitative estimate of drug-likeness (QED) is 0.0484. The number of nitrogens with zero attached hydrogens (tertiary/aromatic N) is 2. The third-order valence-electron chi connectivity index (χ3n) is 10.0. The Morgan fingerprint density at radius 3 is 1.63 bits per heavy atom. The minimum absolute atomic E-state index is 0.150. The van der Waals surface area contributed by atoms with Gasteiger partial charge in [-0.25, -0.2) is 4.79 Å². The van der Waals surface area contributed by atoms with E-state index in [-0.39, 0.29) is 6.09 Å². The summed E-state index contributed by atoms with van der Waals surface area (Å²) in [7, 11) is 2.17. The van der Waals surface area contributed by atoms with Crippen LogP contribution in [0, 0.1) is 5.92 Å². The first kappa shape index (κ1) is 47.2. The van der Waals surface area contributed by atoms with Gasteiger partial charge in [0, 0.05) is 32.2 Å². The van der Waals surface area contributed by atoms with Gasteiger partial charge in [0.2, 0.25) is 0 Å². The van der Waals surface area contributed by atoms with E-state index in [1.54, 1.807) is 0 Å². The van der Waals surface area contributed by atoms with E-state index in [0.717, 1.165) is 58.3 Å². The minimum Gasteiger partial charge on any atom is -0.449 e. The molecule has 1 aliphatic heterocycles. The Hall–Kier alpha value is -1.85. The fraction of sp³-hybridized carbons (Fsp3) is 0.804. The molecule has 5 heteroatoms. The molecule has 0 aliphatic carbocycles.